The van der Waals surface area contributed by atoms with E-state index in [1.807, 2.05) is 11.8 Å². The predicted molar refractivity (Wildman–Crippen MR) is 122 cm³/mol. The summed E-state index contributed by atoms with van der Waals surface area (Å²) in [5.41, 5.74) is 2.41. The lowest BCUT2D eigenvalue weighted by molar-refractivity contribution is 1.32. The normalized spacial score (nSPS) is 9.78. The van der Waals surface area contributed by atoms with Gasteiger partial charge in [0.15, 0.2) is 0 Å². The molecule has 0 bridgehead atoms. The Hall–Kier alpha value is 1.51. The monoisotopic (exact) mass is 711 g/mol. The van der Waals surface area contributed by atoms with Gasteiger partial charge in [0.2, 0.25) is 0 Å². The summed E-state index contributed by atoms with van der Waals surface area (Å²) in [4.78, 5) is 2.59. The largest absolute Gasteiger partial charge is 0.354 e. The topological polar surface area (TPSA) is 12.0 Å². The highest BCUT2D eigenvalue weighted by Crippen LogP contribution is 2.43. The molecule has 0 atom stereocenters. The molecule has 3 rings (SSSR count). The maximum atomic E-state index is 3.42. The Morgan fingerprint density at radius 1 is 0.611 bits per heavy atom. The molecule has 1 nitrogen and oxygen atoms in total. The first-order chi connectivity index (χ1) is 6.93. The van der Waals surface area contributed by atoms with Gasteiger partial charge in [-0.05, 0) is 24.3 Å². The first kappa shape index (κ1) is 21.8. The fourth-order valence-electron chi connectivity index (χ4n) is 1.58. The van der Waals surface area contributed by atoms with Crippen LogP contribution in [0.25, 0.3) is 0 Å². The van der Waals surface area contributed by atoms with Crippen molar-refractivity contribution in [2.45, 2.75) is 9.79 Å². The summed E-state index contributed by atoms with van der Waals surface area (Å²) < 4.78 is 0. The molecule has 0 radical (unpaired) electrons. The van der Waals surface area contributed by atoms with Crippen LogP contribution in [0.2, 0.25) is 0 Å². The lowest BCUT2D eigenvalue weighted by Gasteiger charge is -2.19. The molecule has 1 aliphatic rings. The van der Waals surface area contributed by atoms with E-state index in [0.717, 1.165) is 0 Å². The second-order valence-electron chi connectivity index (χ2n) is 3.22. The average molecular weight is 711 g/mol. The van der Waals surface area contributed by atoms with Crippen LogP contribution in [0.15, 0.2) is 58.3 Å². The van der Waals surface area contributed by atoms with Gasteiger partial charge in [-0.3, -0.25) is 0 Å². The van der Waals surface area contributed by atoms with E-state index in [2.05, 4.69) is 53.8 Å². The maximum absolute atomic E-state index is 3.42. The molecule has 6 heteroatoms. The van der Waals surface area contributed by atoms with Gasteiger partial charge in [0.05, 0.1) is 11.4 Å². The molecule has 0 aliphatic carbocycles. The zero-order valence-corrected chi connectivity index (χ0v) is 19.3. The number of hydrogen-bond donors (Lipinski definition) is 1. The summed E-state index contributed by atoms with van der Waals surface area (Å²) >= 11 is 1.82. The summed E-state index contributed by atoms with van der Waals surface area (Å²) in [5.74, 6) is 0. The molecule has 1 aliphatic heterocycles. The molecule has 100 valence electrons. The Bertz CT molecular complexity index is 406. The summed E-state index contributed by atoms with van der Waals surface area (Å²) in [6.07, 6.45) is 0. The number of hydrogen-bond acceptors (Lipinski definition) is 2. The van der Waals surface area contributed by atoms with Crippen LogP contribution >= 0.6 is 108 Å². The van der Waals surface area contributed by atoms with Crippen LogP contribution in [0, 0.1) is 0 Å². The number of fused-ring (bicyclic) bond motifs is 2. The first-order valence-electron chi connectivity index (χ1n) is 4.56. The van der Waals surface area contributed by atoms with Crippen molar-refractivity contribution in [3.8, 4) is 0 Å². The van der Waals surface area contributed by atoms with Gasteiger partial charge < -0.3 is 5.32 Å². The van der Waals surface area contributed by atoms with Gasteiger partial charge in [-0.1, -0.05) is 36.0 Å². The smallest absolute Gasteiger partial charge is 0.0526 e. The lowest BCUT2D eigenvalue weighted by atomic mass is 10.2. The molecule has 1 N–H and O–H groups in total. The van der Waals surface area contributed by atoms with E-state index in [9.17, 15) is 0 Å². The number of anilines is 2. The minimum atomic E-state index is 0. The second-order valence-corrected chi connectivity index (χ2v) is 4.30. The van der Waals surface area contributed by atoms with Gasteiger partial charge in [-0.25, -0.2) is 0 Å². The molecule has 0 spiro atoms. The molecule has 2 aromatic carbocycles. The number of nitrogens with one attached hydrogen (secondary N) is 1. The fourth-order valence-corrected chi connectivity index (χ4v) is 2.57. The highest BCUT2D eigenvalue weighted by Gasteiger charge is 2.13. The Labute approximate surface area is 180 Å². The van der Waals surface area contributed by atoms with E-state index in [1.165, 1.54) is 21.2 Å². The molecule has 2 aromatic rings. The molecule has 1 heterocycles. The summed E-state index contributed by atoms with van der Waals surface area (Å²) in [7, 11) is 0. The minimum Gasteiger partial charge on any atom is -0.354 e. The molecule has 0 aromatic heterocycles. The van der Waals surface area contributed by atoms with Crippen molar-refractivity contribution in [2.75, 3.05) is 5.32 Å². The summed E-state index contributed by atoms with van der Waals surface area (Å²) in [6, 6.07) is 16.8. The van der Waals surface area contributed by atoms with Gasteiger partial charge in [-0.2, -0.15) is 0 Å². The Morgan fingerprint density at radius 2 is 1.00 bits per heavy atom. The van der Waals surface area contributed by atoms with E-state index in [0.29, 0.717) is 0 Å². The molecule has 0 amide bonds. The van der Waals surface area contributed by atoms with Crippen molar-refractivity contribution in [3.05, 3.63) is 48.5 Å². The average Bonchev–Trinajstić information content (AvgIpc) is 2.26. The Balaban J connectivity index is 0. The standard InChI is InChI=1S/C12H9NS.4HI/c1-3-7-11-9(5-1)13-10-6-2-4-8-12(10)14-11;;;;/h1-8,13H;4*1H. The van der Waals surface area contributed by atoms with Crippen LogP contribution in [-0.2, 0) is 0 Å². The number of halogens is 4. The van der Waals surface area contributed by atoms with Crippen molar-refractivity contribution in [3.63, 3.8) is 0 Å². The van der Waals surface area contributed by atoms with E-state index in [-0.39, 0.29) is 95.9 Å². The van der Waals surface area contributed by atoms with Crippen LogP contribution in [0.4, 0.5) is 11.4 Å². The summed E-state index contributed by atoms with van der Waals surface area (Å²) in [6.45, 7) is 0. The highest BCUT2D eigenvalue weighted by atomic mass is 127. The van der Waals surface area contributed by atoms with Crippen LogP contribution in [0.5, 0.6) is 0 Å². The first-order valence-corrected chi connectivity index (χ1v) is 5.38. The van der Waals surface area contributed by atoms with E-state index in [1.54, 1.807) is 0 Å². The molecule has 0 unspecified atom stereocenters. The quantitative estimate of drug-likeness (QED) is 0.273. The predicted octanol–water partition coefficient (Wildman–Crippen LogP) is 6.37. The van der Waals surface area contributed by atoms with Crippen LogP contribution in [0.3, 0.4) is 0 Å². The highest BCUT2D eigenvalue weighted by molar-refractivity contribution is 14.0. The number of rotatable bonds is 0. The molecule has 0 fully saturated rings. The van der Waals surface area contributed by atoms with E-state index >= 15 is 0 Å². The lowest BCUT2D eigenvalue weighted by Crippen LogP contribution is -1.98. The van der Waals surface area contributed by atoms with Crippen molar-refractivity contribution in [1.82, 2.24) is 0 Å². The molecular formula is C12H13I4NS. The molecule has 0 saturated heterocycles. The van der Waals surface area contributed by atoms with Gasteiger partial charge in [0.25, 0.3) is 0 Å². The Kier molecular flexibility index (Phi) is 12.4. The fraction of sp³-hybridized carbons (Fsp3) is 0. The van der Waals surface area contributed by atoms with Crippen molar-refractivity contribution in [1.29, 1.82) is 0 Å². The van der Waals surface area contributed by atoms with Gasteiger partial charge in [0, 0.05) is 9.79 Å². The zero-order valence-electron chi connectivity index (χ0n) is 9.16. The van der Waals surface area contributed by atoms with Crippen molar-refractivity contribution in [2.24, 2.45) is 0 Å². The third-order valence-electron chi connectivity index (χ3n) is 2.26. The van der Waals surface area contributed by atoms with Crippen molar-refractivity contribution >= 4 is 119 Å². The van der Waals surface area contributed by atoms with Crippen LogP contribution in [-0.4, -0.2) is 0 Å². The van der Waals surface area contributed by atoms with Crippen molar-refractivity contribution < 1.29 is 0 Å². The molecule has 18 heavy (non-hydrogen) atoms. The third kappa shape index (κ3) is 4.81. The van der Waals surface area contributed by atoms with Gasteiger partial charge >= 0.3 is 0 Å². The summed E-state index contributed by atoms with van der Waals surface area (Å²) in [5, 5.41) is 3.42. The molecular weight excluding hydrogens is 698 g/mol. The SMILES string of the molecule is I.I.I.I.c1ccc2c(c1)Nc1ccccc1S2. The maximum Gasteiger partial charge on any atom is 0.0526 e. The van der Waals surface area contributed by atoms with Crippen LogP contribution in [0.1, 0.15) is 0 Å². The Morgan fingerprint density at radius 3 is 1.44 bits per heavy atom. The number of para-hydroxylation sites is 2. The zero-order chi connectivity index (χ0) is 9.38. The van der Waals surface area contributed by atoms with Crippen LogP contribution < -0.4 is 5.32 Å². The van der Waals surface area contributed by atoms with Gasteiger partial charge in [-0.15, -0.1) is 95.9 Å². The van der Waals surface area contributed by atoms with Gasteiger partial charge in [0.1, 0.15) is 0 Å². The minimum absolute atomic E-state index is 0. The molecule has 0 saturated carbocycles. The third-order valence-corrected chi connectivity index (χ3v) is 3.42. The van der Waals surface area contributed by atoms with E-state index < -0.39 is 0 Å². The van der Waals surface area contributed by atoms with E-state index in [4.69, 9.17) is 0 Å². The number of benzene rings is 2. The second kappa shape index (κ2) is 10.3.